The molecule has 2 aromatic heterocycles. The lowest BCUT2D eigenvalue weighted by atomic mass is 10.1. The molecule has 0 bridgehead atoms. The first-order valence-electron chi connectivity index (χ1n) is 6.27. The average molecular weight is 267 g/mol. The molecule has 100 valence electrons. The molecule has 0 aliphatic rings. The van der Waals surface area contributed by atoms with E-state index >= 15 is 0 Å². The first-order valence-corrected chi connectivity index (χ1v) is 6.27. The fourth-order valence-electron chi connectivity index (χ4n) is 2.24. The van der Waals surface area contributed by atoms with E-state index in [1.54, 1.807) is 10.7 Å². The number of benzene rings is 1. The van der Waals surface area contributed by atoms with Crippen LogP contribution in [0, 0.1) is 6.92 Å². The van der Waals surface area contributed by atoms with Gasteiger partial charge in [0.1, 0.15) is 0 Å². The quantitative estimate of drug-likeness (QED) is 0.790. The molecule has 3 rings (SSSR count). The molecule has 0 unspecified atom stereocenters. The van der Waals surface area contributed by atoms with Gasteiger partial charge in [0.2, 0.25) is 0 Å². The highest BCUT2D eigenvalue weighted by Gasteiger charge is 2.18. The summed E-state index contributed by atoms with van der Waals surface area (Å²) in [6.07, 6.45) is 1.55. The molecule has 20 heavy (non-hydrogen) atoms. The predicted molar refractivity (Wildman–Crippen MR) is 74.5 cm³/mol. The van der Waals surface area contributed by atoms with Crippen LogP contribution in [-0.2, 0) is 11.2 Å². The monoisotopic (exact) mass is 267 g/mol. The standard InChI is InChI=1S/C15H13N3O2/c1-10-7-8-16-18-12(9-13(19)20)14(17-15(10)18)11-5-3-2-4-6-11/h2-8H,9H2,1H3,(H,19,20). The van der Waals surface area contributed by atoms with Gasteiger partial charge in [-0.05, 0) is 18.6 Å². The van der Waals surface area contributed by atoms with E-state index in [0.717, 1.165) is 11.1 Å². The number of carbonyl (C=O) groups is 1. The average Bonchev–Trinajstić information content (AvgIpc) is 2.80. The summed E-state index contributed by atoms with van der Waals surface area (Å²) in [5.74, 6) is -0.896. The van der Waals surface area contributed by atoms with Crippen LogP contribution in [0.1, 0.15) is 11.3 Å². The summed E-state index contributed by atoms with van der Waals surface area (Å²) in [5.41, 5.74) is 3.84. The molecule has 0 saturated heterocycles. The number of aliphatic carboxylic acids is 1. The van der Waals surface area contributed by atoms with Gasteiger partial charge in [-0.25, -0.2) is 9.50 Å². The summed E-state index contributed by atoms with van der Waals surface area (Å²) in [6.45, 7) is 1.93. The third-order valence-corrected chi connectivity index (χ3v) is 3.17. The van der Waals surface area contributed by atoms with Gasteiger partial charge >= 0.3 is 5.97 Å². The predicted octanol–water partition coefficient (Wildman–Crippen LogP) is 2.33. The van der Waals surface area contributed by atoms with Crippen molar-refractivity contribution < 1.29 is 9.90 Å². The molecule has 1 aromatic carbocycles. The van der Waals surface area contributed by atoms with Crippen molar-refractivity contribution in [3.8, 4) is 11.3 Å². The minimum absolute atomic E-state index is 0.109. The van der Waals surface area contributed by atoms with E-state index in [2.05, 4.69) is 10.1 Å². The lowest BCUT2D eigenvalue weighted by Crippen LogP contribution is -2.06. The second kappa shape index (κ2) is 4.77. The maximum Gasteiger partial charge on any atom is 0.309 e. The fourth-order valence-corrected chi connectivity index (χ4v) is 2.24. The summed E-state index contributed by atoms with van der Waals surface area (Å²) < 4.78 is 1.62. The van der Waals surface area contributed by atoms with Crippen LogP contribution < -0.4 is 0 Å². The minimum atomic E-state index is -0.896. The summed E-state index contributed by atoms with van der Waals surface area (Å²) in [5, 5.41) is 13.3. The number of rotatable bonds is 3. The van der Waals surface area contributed by atoms with Crippen molar-refractivity contribution in [2.75, 3.05) is 0 Å². The van der Waals surface area contributed by atoms with Gasteiger partial charge in [-0.2, -0.15) is 5.10 Å². The van der Waals surface area contributed by atoms with Crippen LogP contribution in [0.3, 0.4) is 0 Å². The van der Waals surface area contributed by atoms with Crippen molar-refractivity contribution in [3.05, 3.63) is 53.9 Å². The Morgan fingerprint density at radius 3 is 2.70 bits per heavy atom. The number of fused-ring (bicyclic) bond motifs is 1. The van der Waals surface area contributed by atoms with E-state index in [9.17, 15) is 4.79 Å². The smallest absolute Gasteiger partial charge is 0.309 e. The Hall–Kier alpha value is -2.69. The Morgan fingerprint density at radius 1 is 1.25 bits per heavy atom. The van der Waals surface area contributed by atoms with Crippen molar-refractivity contribution in [1.82, 2.24) is 14.6 Å². The molecule has 5 heteroatoms. The normalized spacial score (nSPS) is 10.8. The Labute approximate surface area is 115 Å². The van der Waals surface area contributed by atoms with Crippen molar-refractivity contribution >= 4 is 11.6 Å². The van der Waals surface area contributed by atoms with E-state index in [0.29, 0.717) is 17.0 Å². The maximum absolute atomic E-state index is 11.1. The number of hydrogen-bond acceptors (Lipinski definition) is 3. The number of aromatic nitrogens is 3. The van der Waals surface area contributed by atoms with Crippen molar-refractivity contribution in [2.24, 2.45) is 0 Å². The largest absolute Gasteiger partial charge is 0.481 e. The highest BCUT2D eigenvalue weighted by Crippen LogP contribution is 2.25. The lowest BCUT2D eigenvalue weighted by Gasteiger charge is -2.01. The van der Waals surface area contributed by atoms with Gasteiger partial charge in [0, 0.05) is 11.8 Å². The summed E-state index contributed by atoms with van der Waals surface area (Å²) >= 11 is 0. The van der Waals surface area contributed by atoms with E-state index in [1.807, 2.05) is 43.3 Å². The van der Waals surface area contributed by atoms with E-state index < -0.39 is 5.97 Å². The van der Waals surface area contributed by atoms with E-state index in [1.165, 1.54) is 0 Å². The van der Waals surface area contributed by atoms with Crippen molar-refractivity contribution in [1.29, 1.82) is 0 Å². The second-order valence-electron chi connectivity index (χ2n) is 4.59. The Morgan fingerprint density at radius 2 is 2.00 bits per heavy atom. The van der Waals surface area contributed by atoms with Gasteiger partial charge in [0.05, 0.1) is 17.8 Å². The van der Waals surface area contributed by atoms with Crippen LogP contribution in [0.5, 0.6) is 0 Å². The van der Waals surface area contributed by atoms with Crippen LogP contribution in [-0.4, -0.2) is 25.7 Å². The molecule has 0 spiro atoms. The van der Waals surface area contributed by atoms with Crippen LogP contribution >= 0.6 is 0 Å². The summed E-state index contributed by atoms with van der Waals surface area (Å²) in [7, 11) is 0. The number of carboxylic acids is 1. The van der Waals surface area contributed by atoms with Gasteiger partial charge in [-0.1, -0.05) is 30.3 Å². The number of hydrogen-bond donors (Lipinski definition) is 1. The molecule has 0 radical (unpaired) electrons. The topological polar surface area (TPSA) is 67.5 Å². The first kappa shape index (κ1) is 12.3. The first-order chi connectivity index (χ1) is 9.66. The molecule has 5 nitrogen and oxygen atoms in total. The molecule has 3 aromatic rings. The molecule has 0 amide bonds. The lowest BCUT2D eigenvalue weighted by molar-refractivity contribution is -0.136. The van der Waals surface area contributed by atoms with Crippen LogP contribution in [0.25, 0.3) is 16.9 Å². The highest BCUT2D eigenvalue weighted by atomic mass is 16.4. The molecular formula is C15H13N3O2. The van der Waals surface area contributed by atoms with Crippen LogP contribution in [0.4, 0.5) is 0 Å². The molecule has 2 heterocycles. The zero-order chi connectivity index (χ0) is 14.1. The SMILES string of the molecule is Cc1ccnn2c(CC(=O)O)c(-c3ccccc3)nc12. The third kappa shape index (κ3) is 2.03. The van der Waals surface area contributed by atoms with Gasteiger partial charge < -0.3 is 5.11 Å². The molecule has 0 atom stereocenters. The minimum Gasteiger partial charge on any atom is -0.481 e. The number of imidazole rings is 1. The van der Waals surface area contributed by atoms with E-state index in [-0.39, 0.29) is 6.42 Å². The number of carboxylic acid groups (broad SMARTS) is 1. The second-order valence-corrected chi connectivity index (χ2v) is 4.59. The molecule has 0 aliphatic heterocycles. The van der Waals surface area contributed by atoms with Gasteiger partial charge in [-0.3, -0.25) is 4.79 Å². The molecule has 0 fully saturated rings. The maximum atomic E-state index is 11.1. The zero-order valence-corrected chi connectivity index (χ0v) is 10.9. The summed E-state index contributed by atoms with van der Waals surface area (Å²) in [4.78, 5) is 15.7. The van der Waals surface area contributed by atoms with Gasteiger partial charge in [0.25, 0.3) is 0 Å². The number of aryl methyl sites for hydroxylation is 1. The third-order valence-electron chi connectivity index (χ3n) is 3.17. The highest BCUT2D eigenvalue weighted by molar-refractivity contribution is 5.76. The fraction of sp³-hybridized carbons (Fsp3) is 0.133. The summed E-state index contributed by atoms with van der Waals surface area (Å²) in [6, 6.07) is 11.4. The van der Waals surface area contributed by atoms with Crippen LogP contribution in [0.2, 0.25) is 0 Å². The Bertz CT molecular complexity index is 778. The van der Waals surface area contributed by atoms with E-state index in [4.69, 9.17) is 5.11 Å². The molecule has 1 N–H and O–H groups in total. The number of nitrogens with zero attached hydrogens (tertiary/aromatic N) is 3. The van der Waals surface area contributed by atoms with Crippen LogP contribution in [0.15, 0.2) is 42.6 Å². The Balaban J connectivity index is 2.30. The zero-order valence-electron chi connectivity index (χ0n) is 10.9. The van der Waals surface area contributed by atoms with Gasteiger partial charge in [0.15, 0.2) is 5.65 Å². The van der Waals surface area contributed by atoms with Crippen molar-refractivity contribution in [3.63, 3.8) is 0 Å². The molecule has 0 saturated carbocycles. The van der Waals surface area contributed by atoms with Crippen molar-refractivity contribution in [2.45, 2.75) is 13.3 Å². The van der Waals surface area contributed by atoms with Gasteiger partial charge in [-0.15, -0.1) is 0 Å². The Kier molecular flexibility index (Phi) is 2.95. The molecular weight excluding hydrogens is 254 g/mol. The molecule has 0 aliphatic carbocycles.